The van der Waals surface area contributed by atoms with Gasteiger partial charge in [0, 0.05) is 0 Å². The number of methoxy groups -OCH3 is 1. The van der Waals surface area contributed by atoms with Crippen molar-refractivity contribution >= 4 is 5.97 Å². The van der Waals surface area contributed by atoms with Gasteiger partial charge in [-0.3, -0.25) is 9.97 Å². The van der Waals surface area contributed by atoms with E-state index in [-0.39, 0.29) is 26.4 Å². The zero-order chi connectivity index (χ0) is 27.8. The van der Waals surface area contributed by atoms with Crippen molar-refractivity contribution in [3.05, 3.63) is 94.1 Å². The minimum absolute atomic E-state index is 0.214. The van der Waals surface area contributed by atoms with E-state index >= 15 is 0 Å². The van der Waals surface area contributed by atoms with Gasteiger partial charge in [-0.1, -0.05) is 30.3 Å². The lowest BCUT2D eigenvalue weighted by molar-refractivity contribution is -0.00686. The second-order valence-corrected chi connectivity index (χ2v) is 9.00. The topological polar surface area (TPSA) is 107 Å². The van der Waals surface area contributed by atoms with Gasteiger partial charge in [0.1, 0.15) is 0 Å². The molecule has 1 aliphatic rings. The third-order valence-corrected chi connectivity index (χ3v) is 5.99. The molecule has 1 aromatic carbocycles. The average molecular weight is 553 g/mol. The molecule has 6 bridgehead atoms. The molecule has 214 valence electrons. The van der Waals surface area contributed by atoms with Crippen molar-refractivity contribution in [3.8, 4) is 0 Å². The predicted molar refractivity (Wildman–Crippen MR) is 144 cm³/mol. The number of aromatic nitrogens is 2. The van der Waals surface area contributed by atoms with Gasteiger partial charge in [0.15, 0.2) is 0 Å². The van der Waals surface area contributed by atoms with Crippen LogP contribution in [0, 0.1) is 0 Å². The Kier molecular flexibility index (Phi) is 12.5. The molecular formula is C30H36N2O8. The fourth-order valence-electron chi connectivity index (χ4n) is 4.08. The van der Waals surface area contributed by atoms with Crippen LogP contribution in [0.1, 0.15) is 44.3 Å². The van der Waals surface area contributed by atoms with Crippen molar-refractivity contribution in [2.24, 2.45) is 0 Å². The number of hydrogen-bond acceptors (Lipinski definition) is 10. The van der Waals surface area contributed by atoms with Crippen molar-refractivity contribution in [1.29, 1.82) is 0 Å². The lowest BCUT2D eigenvalue weighted by Gasteiger charge is -2.14. The molecule has 0 saturated carbocycles. The van der Waals surface area contributed by atoms with Gasteiger partial charge in [-0.05, 0) is 35.4 Å². The Bertz CT molecular complexity index is 1120. The molecule has 0 aliphatic carbocycles. The van der Waals surface area contributed by atoms with Crippen molar-refractivity contribution in [2.45, 2.75) is 39.6 Å². The SMILES string of the molecule is COC(=O)c1c2cccc1COCc1cccc(n1)COCCOCCOCCOCc1cccc(n1)COC2. The summed E-state index contributed by atoms with van der Waals surface area (Å²) in [7, 11) is 1.36. The number of hydrogen-bond donors (Lipinski definition) is 0. The van der Waals surface area contributed by atoms with Gasteiger partial charge in [0.25, 0.3) is 0 Å². The standard InChI is InChI=1S/C30H36N2O8/c1-34-30(33)29-23-5-2-6-24(29)18-40-22-28-10-4-8-26(32-28)20-38-16-14-36-12-11-35-13-15-37-19-25-7-3-9-27(31-25)21-39-17-23/h2-10H,11-22H2,1H3. The number of carbonyl (C=O) groups excluding carboxylic acids is 1. The van der Waals surface area contributed by atoms with Crippen LogP contribution in [0.25, 0.3) is 0 Å². The number of rotatable bonds is 1. The monoisotopic (exact) mass is 552 g/mol. The van der Waals surface area contributed by atoms with Crippen LogP contribution in [0.4, 0.5) is 0 Å². The van der Waals surface area contributed by atoms with E-state index in [1.165, 1.54) is 7.11 Å². The minimum atomic E-state index is -0.441. The number of ether oxygens (including phenoxy) is 7. The molecule has 10 nitrogen and oxygen atoms in total. The van der Waals surface area contributed by atoms with E-state index < -0.39 is 5.97 Å². The number of fused-ring (bicyclic) bond motifs is 6. The summed E-state index contributed by atoms with van der Waals surface area (Å²) in [4.78, 5) is 21.9. The van der Waals surface area contributed by atoms with E-state index in [1.807, 2.05) is 54.6 Å². The van der Waals surface area contributed by atoms with Gasteiger partial charge in [-0.2, -0.15) is 0 Å². The van der Waals surface area contributed by atoms with Crippen LogP contribution < -0.4 is 0 Å². The van der Waals surface area contributed by atoms with E-state index in [4.69, 9.17) is 33.2 Å². The van der Waals surface area contributed by atoms with Gasteiger partial charge in [0.05, 0.1) is 115 Å². The Hall–Kier alpha value is -3.25. The highest BCUT2D eigenvalue weighted by atomic mass is 16.6. The summed E-state index contributed by atoms with van der Waals surface area (Å²) in [6.45, 7) is 4.54. The van der Waals surface area contributed by atoms with Crippen molar-refractivity contribution in [3.63, 3.8) is 0 Å². The molecular weight excluding hydrogens is 516 g/mol. The maximum Gasteiger partial charge on any atom is 0.338 e. The van der Waals surface area contributed by atoms with Crippen LogP contribution in [0.15, 0.2) is 54.6 Å². The van der Waals surface area contributed by atoms with E-state index in [0.717, 1.165) is 22.8 Å². The zero-order valence-corrected chi connectivity index (χ0v) is 22.8. The number of pyridine rings is 2. The van der Waals surface area contributed by atoms with Crippen molar-refractivity contribution in [1.82, 2.24) is 9.97 Å². The third-order valence-electron chi connectivity index (χ3n) is 5.99. The first-order valence-corrected chi connectivity index (χ1v) is 13.3. The summed E-state index contributed by atoms with van der Waals surface area (Å²) in [5.41, 5.74) is 5.01. The van der Waals surface area contributed by atoms with Crippen LogP contribution in [-0.2, 0) is 72.8 Å². The summed E-state index contributed by atoms with van der Waals surface area (Å²) in [5.74, 6) is -0.441. The minimum Gasteiger partial charge on any atom is -0.465 e. The maximum absolute atomic E-state index is 12.7. The lowest BCUT2D eigenvalue weighted by atomic mass is 10.0. The van der Waals surface area contributed by atoms with Gasteiger partial charge < -0.3 is 33.2 Å². The summed E-state index contributed by atoms with van der Waals surface area (Å²) in [6.07, 6.45) is 0. The van der Waals surface area contributed by atoms with Crippen LogP contribution >= 0.6 is 0 Å². The normalized spacial score (nSPS) is 16.9. The smallest absolute Gasteiger partial charge is 0.338 e. The molecule has 10 heteroatoms. The Morgan fingerprint density at radius 3 is 1.35 bits per heavy atom. The quantitative estimate of drug-likeness (QED) is 0.414. The van der Waals surface area contributed by atoms with Crippen molar-refractivity contribution in [2.75, 3.05) is 46.8 Å². The summed E-state index contributed by atoms with van der Waals surface area (Å²) < 4.78 is 39.4. The van der Waals surface area contributed by atoms with Crippen molar-refractivity contribution < 1.29 is 38.0 Å². The highest BCUT2D eigenvalue weighted by Crippen LogP contribution is 2.20. The molecule has 2 aromatic heterocycles. The van der Waals surface area contributed by atoms with Crippen LogP contribution in [0.2, 0.25) is 0 Å². The highest BCUT2D eigenvalue weighted by molar-refractivity contribution is 5.92. The average Bonchev–Trinajstić information content (AvgIpc) is 2.97. The number of benzene rings is 1. The number of carbonyl (C=O) groups is 1. The first-order chi connectivity index (χ1) is 19.7. The van der Waals surface area contributed by atoms with Gasteiger partial charge in [-0.15, -0.1) is 0 Å². The summed E-state index contributed by atoms with van der Waals surface area (Å²) >= 11 is 0. The fraction of sp³-hybridized carbons (Fsp3) is 0.433. The molecule has 0 N–H and O–H groups in total. The van der Waals surface area contributed by atoms with E-state index in [9.17, 15) is 4.79 Å². The largest absolute Gasteiger partial charge is 0.465 e. The molecule has 0 unspecified atom stereocenters. The summed E-state index contributed by atoms with van der Waals surface area (Å²) in [5, 5.41) is 0. The first-order valence-electron chi connectivity index (χ1n) is 13.3. The molecule has 3 aromatic rings. The third kappa shape index (κ3) is 9.74. The molecule has 0 fully saturated rings. The van der Waals surface area contributed by atoms with Crippen LogP contribution in [0.3, 0.4) is 0 Å². The number of nitrogens with zero attached hydrogens (tertiary/aromatic N) is 2. The molecule has 0 spiro atoms. The Labute approximate surface area is 234 Å². The Morgan fingerprint density at radius 1 is 0.550 bits per heavy atom. The molecule has 0 amide bonds. The first kappa shape index (κ1) is 29.7. The second-order valence-electron chi connectivity index (χ2n) is 9.00. The molecule has 0 saturated heterocycles. The maximum atomic E-state index is 12.7. The lowest BCUT2D eigenvalue weighted by Crippen LogP contribution is -2.12. The van der Waals surface area contributed by atoms with E-state index in [1.54, 1.807) is 0 Å². The Balaban J connectivity index is 1.44. The van der Waals surface area contributed by atoms with E-state index in [2.05, 4.69) is 9.97 Å². The molecule has 0 radical (unpaired) electrons. The van der Waals surface area contributed by atoms with Crippen LogP contribution in [-0.4, -0.2) is 62.7 Å². The van der Waals surface area contributed by atoms with Crippen LogP contribution in [0.5, 0.6) is 0 Å². The molecule has 4 rings (SSSR count). The highest BCUT2D eigenvalue weighted by Gasteiger charge is 2.17. The Morgan fingerprint density at radius 2 is 0.925 bits per heavy atom. The van der Waals surface area contributed by atoms with Gasteiger partial charge >= 0.3 is 5.97 Å². The molecule has 3 heterocycles. The molecule has 40 heavy (non-hydrogen) atoms. The van der Waals surface area contributed by atoms with E-state index in [0.29, 0.717) is 69.5 Å². The van der Waals surface area contributed by atoms with Gasteiger partial charge in [0.2, 0.25) is 0 Å². The molecule has 1 aliphatic heterocycles. The second kappa shape index (κ2) is 16.8. The van der Waals surface area contributed by atoms with Gasteiger partial charge in [-0.25, -0.2) is 4.79 Å². The molecule has 0 atom stereocenters. The summed E-state index contributed by atoms with van der Waals surface area (Å²) in [6, 6.07) is 17.0. The number of esters is 1. The zero-order valence-electron chi connectivity index (χ0n) is 22.8. The predicted octanol–water partition coefficient (Wildman–Crippen LogP) is 3.78. The fourth-order valence-corrected chi connectivity index (χ4v) is 4.08.